The van der Waals surface area contributed by atoms with E-state index in [-0.39, 0.29) is 11.6 Å². The van der Waals surface area contributed by atoms with E-state index in [2.05, 4.69) is 36.8 Å². The minimum absolute atomic E-state index is 0.193. The molecule has 2 nitrogen and oxygen atoms in total. The van der Waals surface area contributed by atoms with Gasteiger partial charge in [0.15, 0.2) is 0 Å². The van der Waals surface area contributed by atoms with Crippen molar-refractivity contribution >= 4 is 31.9 Å². The van der Waals surface area contributed by atoms with Crippen LogP contribution in [-0.2, 0) is 5.33 Å². The number of rotatable bonds is 3. The lowest BCUT2D eigenvalue weighted by Gasteiger charge is -2.09. The molecule has 0 aliphatic rings. The second kappa shape index (κ2) is 5.02. The summed E-state index contributed by atoms with van der Waals surface area (Å²) in [6.07, 6.45) is -2.61. The van der Waals surface area contributed by atoms with Crippen molar-refractivity contribution in [2.45, 2.75) is 11.8 Å². The predicted molar refractivity (Wildman–Crippen MR) is 56.1 cm³/mol. The Kier molecular flexibility index (Phi) is 4.25. The molecule has 0 bridgehead atoms. The first kappa shape index (κ1) is 11.8. The first-order valence-corrected chi connectivity index (χ1v) is 5.59. The molecule has 0 aliphatic carbocycles. The molecule has 1 aromatic heterocycles. The van der Waals surface area contributed by atoms with E-state index < -0.39 is 6.43 Å². The molecule has 0 fully saturated rings. The Morgan fingerprint density at radius 2 is 2.21 bits per heavy atom. The monoisotopic (exact) mass is 329 g/mol. The van der Waals surface area contributed by atoms with Crippen LogP contribution in [0.5, 0.6) is 5.88 Å². The van der Waals surface area contributed by atoms with Crippen LogP contribution in [0.2, 0.25) is 0 Å². The first-order chi connectivity index (χ1) is 6.60. The summed E-state index contributed by atoms with van der Waals surface area (Å²) < 4.78 is 30.1. The lowest BCUT2D eigenvalue weighted by molar-refractivity contribution is 0.144. The topological polar surface area (TPSA) is 22.1 Å². The van der Waals surface area contributed by atoms with Crippen LogP contribution < -0.4 is 4.74 Å². The quantitative estimate of drug-likeness (QED) is 0.789. The van der Waals surface area contributed by atoms with Crippen molar-refractivity contribution in [3.63, 3.8) is 0 Å². The van der Waals surface area contributed by atoms with Crippen LogP contribution in [0.15, 0.2) is 10.5 Å². The van der Waals surface area contributed by atoms with E-state index in [9.17, 15) is 8.78 Å². The van der Waals surface area contributed by atoms with Gasteiger partial charge in [0.2, 0.25) is 5.88 Å². The zero-order valence-electron chi connectivity index (χ0n) is 7.23. The number of halogens is 4. The van der Waals surface area contributed by atoms with Gasteiger partial charge in [0.25, 0.3) is 6.43 Å². The first-order valence-electron chi connectivity index (χ1n) is 3.67. The molecule has 1 heterocycles. The fourth-order valence-electron chi connectivity index (χ4n) is 0.923. The molecule has 6 heteroatoms. The third-order valence-corrected chi connectivity index (χ3v) is 3.11. The molecule has 0 amide bonds. The van der Waals surface area contributed by atoms with Gasteiger partial charge in [0.1, 0.15) is 5.69 Å². The molecule has 1 rings (SSSR count). The average Bonchev–Trinajstić information content (AvgIpc) is 2.17. The smallest absolute Gasteiger partial charge is 0.281 e. The third-order valence-electron chi connectivity index (χ3n) is 1.59. The standard InChI is InChI=1S/C8H7Br2F2NO/c1-14-5-2-4(3-9)6(10)7(13-5)8(11)12/h2,8H,3H2,1H3. The number of alkyl halides is 3. The van der Waals surface area contributed by atoms with Crippen molar-refractivity contribution in [2.75, 3.05) is 7.11 Å². The second-order valence-electron chi connectivity index (χ2n) is 2.46. The Hall–Kier alpha value is -0.230. The van der Waals surface area contributed by atoms with E-state index >= 15 is 0 Å². The zero-order chi connectivity index (χ0) is 10.7. The van der Waals surface area contributed by atoms with Crippen LogP contribution in [0.25, 0.3) is 0 Å². The summed E-state index contributed by atoms with van der Waals surface area (Å²) in [5, 5.41) is 0.464. The van der Waals surface area contributed by atoms with Crippen molar-refractivity contribution in [3.8, 4) is 5.88 Å². The molecule has 0 unspecified atom stereocenters. The molecule has 0 spiro atoms. The highest BCUT2D eigenvalue weighted by Gasteiger charge is 2.17. The molecule has 1 aromatic rings. The Bertz CT molecular complexity index is 333. The van der Waals surface area contributed by atoms with Gasteiger partial charge in [-0.25, -0.2) is 13.8 Å². The minimum atomic E-state index is -2.61. The highest BCUT2D eigenvalue weighted by molar-refractivity contribution is 9.10. The van der Waals surface area contributed by atoms with E-state index in [1.807, 2.05) is 0 Å². The van der Waals surface area contributed by atoms with Crippen LogP contribution in [0.1, 0.15) is 17.7 Å². The number of methoxy groups -OCH3 is 1. The maximum absolute atomic E-state index is 12.5. The molecule has 0 aromatic carbocycles. The SMILES string of the molecule is COc1cc(CBr)c(Br)c(C(F)F)n1. The summed E-state index contributed by atoms with van der Waals surface area (Å²) in [5.41, 5.74) is 0.394. The van der Waals surface area contributed by atoms with E-state index in [0.717, 1.165) is 0 Å². The van der Waals surface area contributed by atoms with Crippen molar-refractivity contribution < 1.29 is 13.5 Å². The largest absolute Gasteiger partial charge is 0.481 e. The summed E-state index contributed by atoms with van der Waals surface area (Å²) in [4.78, 5) is 3.66. The van der Waals surface area contributed by atoms with E-state index in [0.29, 0.717) is 15.4 Å². The van der Waals surface area contributed by atoms with Gasteiger partial charge in [-0.15, -0.1) is 0 Å². The summed E-state index contributed by atoms with van der Waals surface area (Å²) in [5.74, 6) is 0.193. The van der Waals surface area contributed by atoms with Gasteiger partial charge in [0, 0.05) is 15.9 Å². The van der Waals surface area contributed by atoms with Gasteiger partial charge in [-0.3, -0.25) is 0 Å². The predicted octanol–water partition coefficient (Wildman–Crippen LogP) is 3.69. The van der Waals surface area contributed by atoms with E-state index in [4.69, 9.17) is 4.74 Å². The summed E-state index contributed by atoms with van der Waals surface area (Å²) in [6.45, 7) is 0. The number of ether oxygens (including phenoxy) is 1. The van der Waals surface area contributed by atoms with Gasteiger partial charge in [-0.05, 0) is 21.5 Å². The molecule has 0 N–H and O–H groups in total. The fraction of sp³-hybridized carbons (Fsp3) is 0.375. The second-order valence-corrected chi connectivity index (χ2v) is 3.81. The molecule has 78 valence electrons. The lowest BCUT2D eigenvalue weighted by Crippen LogP contribution is -1.99. The van der Waals surface area contributed by atoms with Crippen molar-refractivity contribution in [1.82, 2.24) is 4.98 Å². The van der Waals surface area contributed by atoms with Crippen molar-refractivity contribution in [1.29, 1.82) is 0 Å². The fourth-order valence-corrected chi connectivity index (χ4v) is 2.26. The Balaban J connectivity index is 3.27. The lowest BCUT2D eigenvalue weighted by atomic mass is 10.2. The highest BCUT2D eigenvalue weighted by atomic mass is 79.9. The van der Waals surface area contributed by atoms with Crippen LogP contribution in [0.4, 0.5) is 8.78 Å². The molecule has 0 aliphatic heterocycles. The molecule has 0 saturated heterocycles. The highest BCUT2D eigenvalue weighted by Crippen LogP contribution is 2.32. The summed E-state index contributed by atoms with van der Waals surface area (Å²) in [7, 11) is 1.39. The third kappa shape index (κ3) is 2.42. The van der Waals surface area contributed by atoms with Gasteiger partial charge in [-0.1, -0.05) is 15.9 Å². The summed E-state index contributed by atoms with van der Waals surface area (Å²) >= 11 is 6.27. The average molecular weight is 331 g/mol. The Labute approximate surface area is 96.9 Å². The van der Waals surface area contributed by atoms with E-state index in [1.165, 1.54) is 7.11 Å². The molecule has 14 heavy (non-hydrogen) atoms. The van der Waals surface area contributed by atoms with Crippen LogP contribution in [0.3, 0.4) is 0 Å². The van der Waals surface area contributed by atoms with Gasteiger partial charge in [0.05, 0.1) is 7.11 Å². The van der Waals surface area contributed by atoms with Crippen molar-refractivity contribution in [2.24, 2.45) is 0 Å². The van der Waals surface area contributed by atoms with Gasteiger partial charge < -0.3 is 4.74 Å². The number of hydrogen-bond acceptors (Lipinski definition) is 2. The summed E-state index contributed by atoms with van der Waals surface area (Å²) in [6, 6.07) is 1.60. The normalized spacial score (nSPS) is 10.7. The Morgan fingerprint density at radius 3 is 2.64 bits per heavy atom. The van der Waals surface area contributed by atoms with E-state index in [1.54, 1.807) is 6.07 Å². The number of nitrogens with zero attached hydrogens (tertiary/aromatic N) is 1. The van der Waals surface area contributed by atoms with Crippen LogP contribution >= 0.6 is 31.9 Å². The maximum Gasteiger partial charge on any atom is 0.281 e. The molecular formula is C8H7Br2F2NO. The zero-order valence-corrected chi connectivity index (χ0v) is 10.4. The molecule has 0 atom stereocenters. The maximum atomic E-state index is 12.5. The number of pyridine rings is 1. The Morgan fingerprint density at radius 1 is 1.57 bits per heavy atom. The molecule has 0 radical (unpaired) electrons. The van der Waals surface area contributed by atoms with Crippen molar-refractivity contribution in [3.05, 3.63) is 21.8 Å². The molecular weight excluding hydrogens is 324 g/mol. The number of hydrogen-bond donors (Lipinski definition) is 0. The molecule has 0 saturated carbocycles. The minimum Gasteiger partial charge on any atom is -0.481 e. The van der Waals surface area contributed by atoms with Crippen LogP contribution in [-0.4, -0.2) is 12.1 Å². The number of aromatic nitrogens is 1. The van der Waals surface area contributed by atoms with Crippen LogP contribution in [0, 0.1) is 0 Å². The van der Waals surface area contributed by atoms with Gasteiger partial charge in [-0.2, -0.15) is 0 Å². The van der Waals surface area contributed by atoms with Gasteiger partial charge >= 0.3 is 0 Å².